The van der Waals surface area contributed by atoms with Gasteiger partial charge in [0.15, 0.2) is 0 Å². The summed E-state index contributed by atoms with van der Waals surface area (Å²) in [6.07, 6.45) is 29.6. The predicted octanol–water partition coefficient (Wildman–Crippen LogP) is 11.1. The third-order valence-corrected chi connectivity index (χ3v) is 7.73. The summed E-state index contributed by atoms with van der Waals surface area (Å²) < 4.78 is 0. The molecule has 0 heterocycles. The summed E-state index contributed by atoms with van der Waals surface area (Å²) in [7, 11) is 0. The molecule has 1 nitrogen and oxygen atoms in total. The van der Waals surface area contributed by atoms with Crippen LogP contribution in [0, 0.1) is 0 Å². The van der Waals surface area contributed by atoms with Crippen molar-refractivity contribution < 1.29 is 0 Å². The molecule has 0 atom stereocenters. The van der Waals surface area contributed by atoms with Gasteiger partial charge in [0.1, 0.15) is 0 Å². The van der Waals surface area contributed by atoms with E-state index >= 15 is 0 Å². The normalized spacial score (nSPS) is 12.8. The van der Waals surface area contributed by atoms with E-state index in [0.29, 0.717) is 11.1 Å². The summed E-state index contributed by atoms with van der Waals surface area (Å²) in [6.45, 7) is 18.4. The Kier molecular flexibility index (Phi) is 20.3. The Bertz CT molecular complexity index is 352. The lowest BCUT2D eigenvalue weighted by atomic mass is 9.85. The molecule has 194 valence electrons. The van der Waals surface area contributed by atoms with Gasteiger partial charge in [0.05, 0.1) is 0 Å². The van der Waals surface area contributed by atoms with Gasteiger partial charge in [-0.1, -0.05) is 136 Å². The number of unbranched alkanes of at least 4 members (excludes halogenated alkanes) is 16. The highest BCUT2D eigenvalue weighted by Gasteiger charge is 2.36. The predicted molar refractivity (Wildman–Crippen MR) is 149 cm³/mol. The van der Waals surface area contributed by atoms with Gasteiger partial charge in [-0.2, -0.15) is 0 Å². The minimum atomic E-state index is 0.319. The van der Waals surface area contributed by atoms with Crippen molar-refractivity contribution >= 4 is 0 Å². The molecule has 0 aliphatic rings. The number of hydrogen-bond donors (Lipinski definition) is 0. The van der Waals surface area contributed by atoms with E-state index in [2.05, 4.69) is 53.4 Å². The Hall–Kier alpha value is -0.0400. The van der Waals surface area contributed by atoms with Crippen LogP contribution in [-0.2, 0) is 0 Å². The first-order chi connectivity index (χ1) is 15.3. The highest BCUT2D eigenvalue weighted by atomic mass is 15.2. The van der Waals surface area contributed by atoms with Crippen LogP contribution >= 0.6 is 0 Å². The summed E-state index contributed by atoms with van der Waals surface area (Å²) in [5, 5.41) is 0. The average Bonchev–Trinajstić information content (AvgIpc) is 2.74. The van der Waals surface area contributed by atoms with Crippen LogP contribution in [0.1, 0.15) is 183 Å². The van der Waals surface area contributed by atoms with Gasteiger partial charge in [0, 0.05) is 11.1 Å². The second kappa shape index (κ2) is 20.3. The average molecular weight is 452 g/mol. The first-order valence-electron chi connectivity index (χ1n) is 15.1. The van der Waals surface area contributed by atoms with Crippen LogP contribution < -0.4 is 0 Å². The van der Waals surface area contributed by atoms with E-state index in [4.69, 9.17) is 0 Å². The highest BCUT2D eigenvalue weighted by Crippen LogP contribution is 2.34. The first kappa shape index (κ1) is 32.0. The van der Waals surface area contributed by atoms with Crippen LogP contribution in [0.4, 0.5) is 0 Å². The molecule has 0 unspecified atom stereocenters. The van der Waals surface area contributed by atoms with Gasteiger partial charge in [0.2, 0.25) is 0 Å². The number of rotatable bonds is 24. The van der Waals surface area contributed by atoms with Crippen LogP contribution in [0.5, 0.6) is 0 Å². The molecule has 0 aromatic carbocycles. The maximum absolute atomic E-state index is 2.91. The lowest BCUT2D eigenvalue weighted by Gasteiger charge is -2.49. The van der Waals surface area contributed by atoms with Crippen LogP contribution in [0.3, 0.4) is 0 Å². The van der Waals surface area contributed by atoms with E-state index in [1.807, 2.05) is 0 Å². The van der Waals surface area contributed by atoms with E-state index in [1.165, 1.54) is 141 Å². The summed E-state index contributed by atoms with van der Waals surface area (Å²) in [6, 6.07) is 0. The molecule has 0 N–H and O–H groups in total. The summed E-state index contributed by atoms with van der Waals surface area (Å²) in [5.74, 6) is 0. The maximum atomic E-state index is 2.91. The van der Waals surface area contributed by atoms with Gasteiger partial charge in [0.25, 0.3) is 0 Å². The fourth-order valence-electron chi connectivity index (χ4n) is 5.60. The van der Waals surface area contributed by atoms with E-state index in [9.17, 15) is 0 Å². The number of nitrogens with zero attached hydrogens (tertiary/aromatic N) is 1. The molecule has 1 heteroatoms. The summed E-state index contributed by atoms with van der Waals surface area (Å²) >= 11 is 0. The fourth-order valence-corrected chi connectivity index (χ4v) is 5.60. The van der Waals surface area contributed by atoms with Crippen molar-refractivity contribution in [3.8, 4) is 0 Å². The summed E-state index contributed by atoms with van der Waals surface area (Å²) in [4.78, 5) is 2.91. The third kappa shape index (κ3) is 16.6. The van der Waals surface area contributed by atoms with Crippen molar-refractivity contribution in [3.63, 3.8) is 0 Å². The van der Waals surface area contributed by atoms with Crippen LogP contribution in [-0.4, -0.2) is 22.5 Å². The largest absolute Gasteiger partial charge is 0.293 e. The standard InChI is InChI=1S/C31H65N/c1-8-11-14-16-18-20-22-24-27-30(4,5)32(29-26-13-10-3)31(6,7)28-25-23-21-19-17-15-12-9-2/h8-29H2,1-7H3. The van der Waals surface area contributed by atoms with Crippen LogP contribution in [0.15, 0.2) is 0 Å². The van der Waals surface area contributed by atoms with Crippen LogP contribution in [0.25, 0.3) is 0 Å². The van der Waals surface area contributed by atoms with Crippen molar-refractivity contribution in [3.05, 3.63) is 0 Å². The Morgan fingerprint density at radius 3 is 1.00 bits per heavy atom. The molecular weight excluding hydrogens is 386 g/mol. The SMILES string of the molecule is CCCCCCCCCCC(C)(C)N(CCCCC)C(C)(C)CCCCCCCCCC. The first-order valence-corrected chi connectivity index (χ1v) is 15.1. The quantitative estimate of drug-likeness (QED) is 0.132. The monoisotopic (exact) mass is 452 g/mol. The molecule has 0 aromatic heterocycles. The van der Waals surface area contributed by atoms with Crippen molar-refractivity contribution in [2.75, 3.05) is 6.54 Å². The van der Waals surface area contributed by atoms with E-state index < -0.39 is 0 Å². The zero-order chi connectivity index (χ0) is 24.1. The topological polar surface area (TPSA) is 3.24 Å². The van der Waals surface area contributed by atoms with Crippen molar-refractivity contribution in [2.24, 2.45) is 0 Å². The number of hydrogen-bond acceptors (Lipinski definition) is 1. The second-order valence-corrected chi connectivity index (χ2v) is 11.9. The molecule has 0 spiro atoms. The van der Waals surface area contributed by atoms with Gasteiger partial charge in [-0.05, 0) is 53.5 Å². The molecule has 0 saturated heterocycles. The Morgan fingerprint density at radius 2 is 0.656 bits per heavy atom. The fraction of sp³-hybridized carbons (Fsp3) is 1.00. The second-order valence-electron chi connectivity index (χ2n) is 11.9. The van der Waals surface area contributed by atoms with Crippen molar-refractivity contribution in [1.29, 1.82) is 0 Å². The lowest BCUT2D eigenvalue weighted by Crippen LogP contribution is -2.55. The van der Waals surface area contributed by atoms with Gasteiger partial charge >= 0.3 is 0 Å². The molecule has 0 fully saturated rings. The Balaban J connectivity index is 4.48. The molecule has 0 radical (unpaired) electrons. The van der Waals surface area contributed by atoms with E-state index in [-0.39, 0.29) is 0 Å². The van der Waals surface area contributed by atoms with Gasteiger partial charge in [-0.25, -0.2) is 0 Å². The third-order valence-electron chi connectivity index (χ3n) is 7.73. The molecule has 0 aliphatic carbocycles. The van der Waals surface area contributed by atoms with Gasteiger partial charge < -0.3 is 0 Å². The molecule has 0 bridgehead atoms. The lowest BCUT2D eigenvalue weighted by molar-refractivity contribution is 0.00161. The molecule has 32 heavy (non-hydrogen) atoms. The summed E-state index contributed by atoms with van der Waals surface area (Å²) in [5.41, 5.74) is 0.638. The van der Waals surface area contributed by atoms with E-state index in [1.54, 1.807) is 0 Å². The Morgan fingerprint density at radius 1 is 0.375 bits per heavy atom. The molecule has 0 amide bonds. The molecule has 0 rings (SSSR count). The smallest absolute Gasteiger partial charge is 0.0158 e. The minimum absolute atomic E-state index is 0.319. The Labute approximate surface area is 205 Å². The van der Waals surface area contributed by atoms with Crippen LogP contribution in [0.2, 0.25) is 0 Å². The maximum Gasteiger partial charge on any atom is 0.0158 e. The van der Waals surface area contributed by atoms with Gasteiger partial charge in [-0.3, -0.25) is 4.90 Å². The molecular formula is C31H65N. The molecule has 0 saturated carbocycles. The highest BCUT2D eigenvalue weighted by molar-refractivity contribution is 4.92. The van der Waals surface area contributed by atoms with E-state index in [0.717, 1.165) is 0 Å². The van der Waals surface area contributed by atoms with Gasteiger partial charge in [-0.15, -0.1) is 0 Å². The zero-order valence-electron chi connectivity index (χ0n) is 24.0. The minimum Gasteiger partial charge on any atom is -0.293 e. The molecule has 0 aliphatic heterocycles. The molecule has 0 aromatic rings. The van der Waals surface area contributed by atoms with Crippen molar-refractivity contribution in [1.82, 2.24) is 4.90 Å². The zero-order valence-corrected chi connectivity index (χ0v) is 24.0. The van der Waals surface area contributed by atoms with Crippen molar-refractivity contribution in [2.45, 2.75) is 194 Å².